The van der Waals surface area contributed by atoms with Gasteiger partial charge in [-0.3, -0.25) is 0 Å². The fraction of sp³-hybridized carbons (Fsp3) is 0.200. The lowest BCUT2D eigenvalue weighted by Crippen LogP contribution is -2.38. The molecule has 0 amide bonds. The highest BCUT2D eigenvalue weighted by Gasteiger charge is 2.32. The van der Waals surface area contributed by atoms with Gasteiger partial charge in [-0.15, -0.1) is 0 Å². The molecule has 0 aromatic heterocycles. The molecule has 0 saturated heterocycles. The number of methoxy groups -OCH3 is 2. The number of carbonyl (C=O) groups excluding carboxylic acids is 2. The van der Waals surface area contributed by atoms with Crippen LogP contribution in [0.4, 0.5) is 10.1 Å². The number of hydrogen-bond acceptors (Lipinski definition) is 6. The summed E-state index contributed by atoms with van der Waals surface area (Å²) in [5.74, 6) is -1.68. The number of carbonyl (C=O) groups is 2. The number of anilines is 1. The molecule has 0 radical (unpaired) electrons. The third-order valence-corrected chi connectivity index (χ3v) is 4.15. The summed E-state index contributed by atoms with van der Waals surface area (Å²) in [5.41, 5.74) is 2.17. The number of halogens is 1. The van der Waals surface area contributed by atoms with Crippen molar-refractivity contribution in [2.24, 2.45) is 0 Å². The summed E-state index contributed by atoms with van der Waals surface area (Å²) in [4.78, 5) is 25.9. The van der Waals surface area contributed by atoms with Crippen LogP contribution in [0.1, 0.15) is 0 Å². The molecule has 3 rings (SSSR count). The van der Waals surface area contributed by atoms with E-state index in [2.05, 4.69) is 0 Å². The van der Waals surface area contributed by atoms with E-state index in [1.54, 1.807) is 30.3 Å². The molecule has 1 aliphatic heterocycles. The number of benzene rings is 2. The van der Waals surface area contributed by atoms with E-state index in [4.69, 9.17) is 14.2 Å². The van der Waals surface area contributed by atoms with Crippen LogP contribution in [0, 0.1) is 5.82 Å². The molecule has 1 aliphatic rings. The highest BCUT2D eigenvalue weighted by molar-refractivity contribution is 6.03. The Labute approximate surface area is 155 Å². The zero-order valence-corrected chi connectivity index (χ0v) is 14.9. The number of esters is 2. The van der Waals surface area contributed by atoms with Crippen molar-refractivity contribution in [3.63, 3.8) is 0 Å². The predicted octanol–water partition coefficient (Wildman–Crippen LogP) is 2.89. The smallest absolute Gasteiger partial charge is 0.355 e. The van der Waals surface area contributed by atoms with Crippen LogP contribution in [-0.2, 0) is 23.8 Å². The van der Waals surface area contributed by atoms with Gasteiger partial charge >= 0.3 is 11.9 Å². The SMILES string of the molecule is COC(=O)C1=C(C(=O)OC)N(c2cccc(-c3cccc(F)c3)c2)COC1. The summed E-state index contributed by atoms with van der Waals surface area (Å²) < 4.78 is 28.6. The van der Waals surface area contributed by atoms with Crippen LogP contribution in [-0.4, -0.2) is 39.5 Å². The van der Waals surface area contributed by atoms with Crippen LogP contribution in [0.15, 0.2) is 59.8 Å². The lowest BCUT2D eigenvalue weighted by molar-refractivity contribution is -0.140. The van der Waals surface area contributed by atoms with Crippen LogP contribution in [0.5, 0.6) is 0 Å². The van der Waals surface area contributed by atoms with E-state index in [9.17, 15) is 14.0 Å². The van der Waals surface area contributed by atoms with E-state index < -0.39 is 11.9 Å². The van der Waals surface area contributed by atoms with Crippen molar-refractivity contribution >= 4 is 17.6 Å². The van der Waals surface area contributed by atoms with Crippen molar-refractivity contribution in [2.75, 3.05) is 32.5 Å². The second kappa shape index (κ2) is 8.01. The molecule has 0 fully saturated rings. The Balaban J connectivity index is 2.07. The summed E-state index contributed by atoms with van der Waals surface area (Å²) in [6.45, 7) is -0.00523. The highest BCUT2D eigenvalue weighted by Crippen LogP contribution is 2.30. The Morgan fingerprint density at radius 1 is 1.00 bits per heavy atom. The Morgan fingerprint density at radius 2 is 1.67 bits per heavy atom. The van der Waals surface area contributed by atoms with Crippen LogP contribution in [0.2, 0.25) is 0 Å². The van der Waals surface area contributed by atoms with Gasteiger partial charge in [-0.2, -0.15) is 0 Å². The lowest BCUT2D eigenvalue weighted by Gasteiger charge is -2.31. The quantitative estimate of drug-likeness (QED) is 0.770. The van der Waals surface area contributed by atoms with E-state index in [0.717, 1.165) is 5.56 Å². The fourth-order valence-electron chi connectivity index (χ4n) is 2.87. The zero-order valence-electron chi connectivity index (χ0n) is 14.9. The molecule has 0 atom stereocenters. The van der Waals surface area contributed by atoms with E-state index in [1.807, 2.05) is 6.07 Å². The molecule has 0 spiro atoms. The first-order valence-corrected chi connectivity index (χ1v) is 8.16. The molecule has 27 heavy (non-hydrogen) atoms. The number of nitrogens with zero attached hydrogens (tertiary/aromatic N) is 1. The predicted molar refractivity (Wildman–Crippen MR) is 96.2 cm³/mol. The minimum atomic E-state index is -0.671. The van der Waals surface area contributed by atoms with Crippen molar-refractivity contribution in [1.82, 2.24) is 0 Å². The maximum Gasteiger partial charge on any atom is 0.355 e. The molecule has 140 valence electrons. The summed E-state index contributed by atoms with van der Waals surface area (Å²) in [6, 6.07) is 13.3. The van der Waals surface area contributed by atoms with Gasteiger partial charge in [-0.05, 0) is 35.4 Å². The van der Waals surface area contributed by atoms with Crippen molar-refractivity contribution < 1.29 is 28.2 Å². The molecule has 2 aromatic rings. The second-order valence-electron chi connectivity index (χ2n) is 5.78. The molecule has 7 heteroatoms. The first-order valence-electron chi connectivity index (χ1n) is 8.16. The molecule has 1 heterocycles. The van der Waals surface area contributed by atoms with E-state index in [-0.39, 0.29) is 30.4 Å². The van der Waals surface area contributed by atoms with Gasteiger partial charge in [-0.1, -0.05) is 24.3 Å². The minimum absolute atomic E-state index is 0.0531. The van der Waals surface area contributed by atoms with Crippen molar-refractivity contribution in [1.29, 1.82) is 0 Å². The van der Waals surface area contributed by atoms with Crippen LogP contribution < -0.4 is 4.90 Å². The summed E-state index contributed by atoms with van der Waals surface area (Å²) >= 11 is 0. The topological polar surface area (TPSA) is 65.1 Å². The molecule has 0 aliphatic carbocycles. The van der Waals surface area contributed by atoms with Gasteiger partial charge in [-0.25, -0.2) is 14.0 Å². The first kappa shape index (κ1) is 18.6. The monoisotopic (exact) mass is 371 g/mol. The molecule has 0 saturated carbocycles. The van der Waals surface area contributed by atoms with Gasteiger partial charge in [0.2, 0.25) is 0 Å². The van der Waals surface area contributed by atoms with Crippen molar-refractivity contribution in [3.05, 3.63) is 65.6 Å². The summed E-state index contributed by atoms with van der Waals surface area (Å²) in [6.07, 6.45) is 0. The second-order valence-corrected chi connectivity index (χ2v) is 5.78. The fourth-order valence-corrected chi connectivity index (χ4v) is 2.87. The number of rotatable bonds is 4. The molecule has 0 bridgehead atoms. The maximum absolute atomic E-state index is 13.6. The van der Waals surface area contributed by atoms with E-state index in [1.165, 1.54) is 31.3 Å². The zero-order chi connectivity index (χ0) is 19.4. The Bertz CT molecular complexity index is 909. The Hall–Kier alpha value is -3.19. The average molecular weight is 371 g/mol. The van der Waals surface area contributed by atoms with Gasteiger partial charge in [0.25, 0.3) is 0 Å². The Kier molecular flexibility index (Phi) is 5.52. The van der Waals surface area contributed by atoms with Crippen molar-refractivity contribution in [3.8, 4) is 11.1 Å². The number of hydrogen-bond donors (Lipinski definition) is 0. The average Bonchev–Trinajstić information content (AvgIpc) is 2.72. The largest absolute Gasteiger partial charge is 0.466 e. The highest BCUT2D eigenvalue weighted by atomic mass is 19.1. The van der Waals surface area contributed by atoms with E-state index in [0.29, 0.717) is 11.3 Å². The molecular weight excluding hydrogens is 353 g/mol. The van der Waals surface area contributed by atoms with Gasteiger partial charge in [0.15, 0.2) is 0 Å². The third-order valence-electron chi connectivity index (χ3n) is 4.15. The molecule has 0 unspecified atom stereocenters. The molecular formula is C20H18FNO5. The summed E-state index contributed by atoms with van der Waals surface area (Å²) in [7, 11) is 2.47. The first-order chi connectivity index (χ1) is 13.0. The normalized spacial score (nSPS) is 14.1. The van der Waals surface area contributed by atoms with Gasteiger partial charge in [0.05, 0.1) is 26.4 Å². The minimum Gasteiger partial charge on any atom is -0.466 e. The summed E-state index contributed by atoms with van der Waals surface area (Å²) in [5, 5.41) is 0. The standard InChI is InChI=1S/C20H18FNO5/c1-25-19(23)17-11-27-12-22(18(17)20(24)26-2)16-8-4-6-14(10-16)13-5-3-7-15(21)9-13/h3-10H,11-12H2,1-2H3. The molecule has 0 N–H and O–H groups in total. The third kappa shape index (κ3) is 3.83. The maximum atomic E-state index is 13.6. The van der Waals surface area contributed by atoms with Crippen molar-refractivity contribution in [2.45, 2.75) is 0 Å². The van der Waals surface area contributed by atoms with Gasteiger partial charge < -0.3 is 19.1 Å². The molecule has 6 nitrogen and oxygen atoms in total. The molecule has 2 aromatic carbocycles. The van der Waals surface area contributed by atoms with Gasteiger partial charge in [0.1, 0.15) is 18.2 Å². The Morgan fingerprint density at radius 3 is 2.33 bits per heavy atom. The van der Waals surface area contributed by atoms with Gasteiger partial charge in [0, 0.05) is 5.69 Å². The lowest BCUT2D eigenvalue weighted by atomic mass is 10.0. The van der Waals surface area contributed by atoms with Crippen LogP contribution in [0.3, 0.4) is 0 Å². The van der Waals surface area contributed by atoms with Crippen LogP contribution in [0.25, 0.3) is 11.1 Å². The van der Waals surface area contributed by atoms with Crippen LogP contribution >= 0.6 is 0 Å². The van der Waals surface area contributed by atoms with E-state index >= 15 is 0 Å². The number of ether oxygens (including phenoxy) is 3.